The molecule has 0 unspecified atom stereocenters. The number of nitrogens with zero attached hydrogens (tertiary/aromatic N) is 5. The van der Waals surface area contributed by atoms with Crippen molar-refractivity contribution in [1.82, 2.24) is 29.6 Å². The van der Waals surface area contributed by atoms with Gasteiger partial charge in [-0.25, -0.2) is 14.6 Å². The fourth-order valence-electron chi connectivity index (χ4n) is 3.44. The molecule has 8 heteroatoms. The summed E-state index contributed by atoms with van der Waals surface area (Å²) in [6, 6.07) is 14.2. The first-order valence-corrected chi connectivity index (χ1v) is 11.0. The van der Waals surface area contributed by atoms with Crippen LogP contribution in [0.3, 0.4) is 0 Å². The Bertz CT molecular complexity index is 1150. The number of amides is 1. The zero-order valence-electron chi connectivity index (χ0n) is 17.7. The number of benzene rings is 2. The van der Waals surface area contributed by atoms with Crippen molar-refractivity contribution in [3.8, 4) is 11.4 Å². The van der Waals surface area contributed by atoms with E-state index in [1.807, 2.05) is 42.0 Å². The average molecular weight is 433 g/mol. The Labute approximate surface area is 185 Å². The van der Waals surface area contributed by atoms with Crippen LogP contribution in [0, 0.1) is 13.8 Å². The number of nitrogens with one attached hydrogen (secondary N) is 1. The van der Waals surface area contributed by atoms with Crippen LogP contribution in [-0.2, 0) is 4.79 Å². The summed E-state index contributed by atoms with van der Waals surface area (Å²) in [5.74, 6) is 0.260. The summed E-state index contributed by atoms with van der Waals surface area (Å²) in [6.45, 7) is 6.13. The fraction of sp³-hybridized carbons (Fsp3) is 0.217. The van der Waals surface area contributed by atoms with Crippen molar-refractivity contribution in [3.63, 3.8) is 0 Å². The van der Waals surface area contributed by atoms with E-state index in [0.717, 1.165) is 22.1 Å². The Hall–Kier alpha value is -3.39. The van der Waals surface area contributed by atoms with Crippen LogP contribution < -0.4 is 5.32 Å². The molecule has 2 aromatic carbocycles. The maximum absolute atomic E-state index is 12.5. The first kappa shape index (κ1) is 20.9. The molecular weight excluding hydrogens is 408 g/mol. The largest absolute Gasteiger partial charge is 0.349 e. The van der Waals surface area contributed by atoms with Gasteiger partial charge in [-0.05, 0) is 61.7 Å². The molecule has 7 nitrogen and oxygen atoms in total. The molecule has 0 aliphatic carbocycles. The Morgan fingerprint density at radius 2 is 1.84 bits per heavy atom. The number of rotatable bonds is 7. The summed E-state index contributed by atoms with van der Waals surface area (Å²) in [5.41, 5.74) is 5.40. The van der Waals surface area contributed by atoms with Gasteiger partial charge in [-0.2, -0.15) is 5.10 Å². The van der Waals surface area contributed by atoms with E-state index in [-0.39, 0.29) is 11.9 Å². The van der Waals surface area contributed by atoms with E-state index in [9.17, 15) is 4.79 Å². The second-order valence-corrected chi connectivity index (χ2v) is 8.38. The third-order valence-corrected chi connectivity index (χ3v) is 5.84. The average Bonchev–Trinajstić information content (AvgIpc) is 3.44. The smallest absolute Gasteiger partial charge is 0.230 e. The van der Waals surface area contributed by atoms with Crippen LogP contribution in [0.4, 0.5) is 0 Å². The SMILES string of the molecule is Cc1cc(C)cc(-n2ccnc2SCC(=O)N[C@@H](C)c2ccc(-n3cncn3)cc2)c1. The van der Waals surface area contributed by atoms with Crippen LogP contribution in [-0.4, -0.2) is 36.0 Å². The number of carbonyl (C=O) groups is 1. The Kier molecular flexibility index (Phi) is 6.18. The number of imidazole rings is 1. The van der Waals surface area contributed by atoms with Gasteiger partial charge < -0.3 is 5.32 Å². The van der Waals surface area contributed by atoms with Gasteiger partial charge in [-0.15, -0.1) is 0 Å². The van der Waals surface area contributed by atoms with Crippen molar-refractivity contribution < 1.29 is 4.79 Å². The number of aryl methyl sites for hydroxylation is 2. The van der Waals surface area contributed by atoms with Gasteiger partial charge in [-0.3, -0.25) is 9.36 Å². The summed E-state index contributed by atoms with van der Waals surface area (Å²) in [6.07, 6.45) is 6.84. The number of carbonyl (C=O) groups excluding carboxylic acids is 1. The van der Waals surface area contributed by atoms with Gasteiger partial charge in [0.15, 0.2) is 5.16 Å². The summed E-state index contributed by atoms with van der Waals surface area (Å²) in [5, 5.41) is 7.98. The molecule has 31 heavy (non-hydrogen) atoms. The highest BCUT2D eigenvalue weighted by Gasteiger charge is 2.13. The molecule has 0 aliphatic heterocycles. The van der Waals surface area contributed by atoms with Crippen molar-refractivity contribution in [2.24, 2.45) is 0 Å². The lowest BCUT2D eigenvalue weighted by Crippen LogP contribution is -2.28. The van der Waals surface area contributed by atoms with Gasteiger partial charge in [0.1, 0.15) is 12.7 Å². The molecule has 2 heterocycles. The third kappa shape index (κ3) is 5.03. The van der Waals surface area contributed by atoms with Crippen LogP contribution in [0.25, 0.3) is 11.4 Å². The minimum absolute atomic E-state index is 0.0344. The predicted octanol–water partition coefficient (Wildman–Crippen LogP) is 4.04. The van der Waals surface area contributed by atoms with E-state index in [2.05, 4.69) is 52.4 Å². The molecule has 1 atom stereocenters. The predicted molar refractivity (Wildman–Crippen MR) is 122 cm³/mol. The van der Waals surface area contributed by atoms with Crippen LogP contribution in [0.2, 0.25) is 0 Å². The van der Waals surface area contributed by atoms with Crippen molar-refractivity contribution in [1.29, 1.82) is 0 Å². The molecule has 1 N–H and O–H groups in total. The standard InChI is InChI=1S/C23H24N6OS/c1-16-10-17(2)12-21(11-16)28-9-8-25-23(28)31-13-22(30)27-18(3)19-4-6-20(7-5-19)29-15-24-14-26-29/h4-12,14-15,18H,13H2,1-3H3,(H,27,30)/t18-/m0/s1. The summed E-state index contributed by atoms with van der Waals surface area (Å²) in [4.78, 5) is 20.9. The van der Waals surface area contributed by atoms with Crippen LogP contribution in [0.1, 0.15) is 29.7 Å². The van der Waals surface area contributed by atoms with Crippen LogP contribution in [0.5, 0.6) is 0 Å². The second-order valence-electron chi connectivity index (χ2n) is 7.44. The van der Waals surface area contributed by atoms with E-state index in [0.29, 0.717) is 5.75 Å². The Balaban J connectivity index is 1.36. The molecule has 0 saturated heterocycles. The van der Waals surface area contributed by atoms with Gasteiger partial charge in [0.2, 0.25) is 5.91 Å². The Morgan fingerprint density at radius 1 is 1.10 bits per heavy atom. The molecule has 0 fully saturated rings. The number of aromatic nitrogens is 5. The number of hydrogen-bond donors (Lipinski definition) is 1. The van der Waals surface area contributed by atoms with Gasteiger partial charge >= 0.3 is 0 Å². The van der Waals surface area contributed by atoms with E-state index in [1.54, 1.807) is 17.2 Å². The van der Waals surface area contributed by atoms with Gasteiger partial charge in [-0.1, -0.05) is 30.0 Å². The minimum Gasteiger partial charge on any atom is -0.349 e. The summed E-state index contributed by atoms with van der Waals surface area (Å²) >= 11 is 1.43. The molecule has 0 spiro atoms. The number of thioether (sulfide) groups is 1. The van der Waals surface area contributed by atoms with Crippen LogP contribution >= 0.6 is 11.8 Å². The van der Waals surface area contributed by atoms with Gasteiger partial charge in [0.05, 0.1) is 17.5 Å². The van der Waals surface area contributed by atoms with Crippen molar-refractivity contribution in [2.45, 2.75) is 32.0 Å². The maximum Gasteiger partial charge on any atom is 0.230 e. The highest BCUT2D eigenvalue weighted by molar-refractivity contribution is 7.99. The monoisotopic (exact) mass is 432 g/mol. The van der Waals surface area contributed by atoms with Gasteiger partial charge in [0.25, 0.3) is 0 Å². The lowest BCUT2D eigenvalue weighted by atomic mass is 10.1. The molecule has 0 aliphatic rings. The van der Waals surface area contributed by atoms with E-state index < -0.39 is 0 Å². The first-order valence-electron chi connectivity index (χ1n) is 9.99. The molecule has 0 radical (unpaired) electrons. The zero-order chi connectivity index (χ0) is 21.8. The molecule has 0 bridgehead atoms. The number of hydrogen-bond acceptors (Lipinski definition) is 5. The highest BCUT2D eigenvalue weighted by Crippen LogP contribution is 2.22. The molecule has 2 aromatic heterocycles. The van der Waals surface area contributed by atoms with Crippen molar-refractivity contribution in [2.75, 3.05) is 5.75 Å². The molecule has 4 rings (SSSR count). The normalized spacial score (nSPS) is 12.0. The molecular formula is C23H24N6OS. The zero-order valence-corrected chi connectivity index (χ0v) is 18.5. The molecule has 1 amide bonds. The lowest BCUT2D eigenvalue weighted by molar-refractivity contribution is -0.119. The molecule has 158 valence electrons. The van der Waals surface area contributed by atoms with E-state index in [4.69, 9.17) is 0 Å². The van der Waals surface area contributed by atoms with Gasteiger partial charge in [0, 0.05) is 18.1 Å². The molecule has 4 aromatic rings. The maximum atomic E-state index is 12.5. The first-order chi connectivity index (χ1) is 15.0. The van der Waals surface area contributed by atoms with E-state index in [1.165, 1.54) is 29.2 Å². The lowest BCUT2D eigenvalue weighted by Gasteiger charge is -2.15. The quantitative estimate of drug-likeness (QED) is 0.446. The second kappa shape index (κ2) is 9.18. The minimum atomic E-state index is -0.0999. The van der Waals surface area contributed by atoms with Crippen molar-refractivity contribution >= 4 is 17.7 Å². The Morgan fingerprint density at radius 3 is 2.52 bits per heavy atom. The third-order valence-electron chi connectivity index (χ3n) is 4.88. The molecule has 0 saturated carbocycles. The summed E-state index contributed by atoms with van der Waals surface area (Å²) < 4.78 is 3.71. The highest BCUT2D eigenvalue weighted by atomic mass is 32.2. The van der Waals surface area contributed by atoms with Crippen LogP contribution in [0.15, 0.2) is 72.7 Å². The van der Waals surface area contributed by atoms with E-state index >= 15 is 0 Å². The fourth-order valence-corrected chi connectivity index (χ4v) is 4.22. The summed E-state index contributed by atoms with van der Waals surface area (Å²) in [7, 11) is 0. The topological polar surface area (TPSA) is 77.6 Å². The van der Waals surface area contributed by atoms with Crippen molar-refractivity contribution in [3.05, 3.63) is 84.2 Å².